The Morgan fingerprint density at radius 2 is 1.79 bits per heavy atom. The molecule has 2 aromatic carbocycles. The summed E-state index contributed by atoms with van der Waals surface area (Å²) in [6, 6.07) is 14.1. The van der Waals surface area contributed by atoms with Crippen LogP contribution in [0.3, 0.4) is 0 Å². The monoisotopic (exact) mass is 381 g/mol. The van der Waals surface area contributed by atoms with Gasteiger partial charge in [0, 0.05) is 6.54 Å². The molecule has 0 unspecified atom stereocenters. The van der Waals surface area contributed by atoms with E-state index in [-0.39, 0.29) is 19.2 Å². The first kappa shape index (κ1) is 20.6. The lowest BCUT2D eigenvalue weighted by atomic mass is 10.1. The van der Waals surface area contributed by atoms with E-state index in [0.717, 1.165) is 17.7 Å². The predicted octanol–water partition coefficient (Wildman–Crippen LogP) is 1.72. The Hall–Kier alpha value is -3.66. The van der Waals surface area contributed by atoms with Gasteiger partial charge in [-0.1, -0.05) is 36.1 Å². The molecule has 0 aliphatic heterocycles. The summed E-state index contributed by atoms with van der Waals surface area (Å²) in [6.45, 7) is 0.791. The minimum Gasteiger partial charge on any atom is -0.497 e. The number of benzene rings is 2. The maximum atomic E-state index is 11.7. The summed E-state index contributed by atoms with van der Waals surface area (Å²) in [4.78, 5) is 23.0. The number of rotatable bonds is 8. The molecule has 3 amide bonds. The summed E-state index contributed by atoms with van der Waals surface area (Å²) in [5.74, 6) is 6.17. The van der Waals surface area contributed by atoms with Crippen LogP contribution in [0.25, 0.3) is 0 Å². The van der Waals surface area contributed by atoms with Crippen LogP contribution in [0.1, 0.15) is 15.9 Å². The molecular weight excluding hydrogens is 358 g/mol. The number of carbonyl (C=O) groups is 2. The number of hydrogen-bond donors (Lipinski definition) is 3. The highest BCUT2D eigenvalue weighted by molar-refractivity contribution is 5.95. The van der Waals surface area contributed by atoms with Crippen LogP contribution in [-0.2, 0) is 6.42 Å². The molecule has 146 valence electrons. The van der Waals surface area contributed by atoms with Crippen molar-refractivity contribution >= 4 is 11.9 Å². The lowest BCUT2D eigenvalue weighted by molar-refractivity contribution is 0.0997. The first-order chi connectivity index (χ1) is 13.6. The van der Waals surface area contributed by atoms with Gasteiger partial charge in [0.05, 0.1) is 19.2 Å². The van der Waals surface area contributed by atoms with Crippen LogP contribution < -0.4 is 25.8 Å². The second-order valence-electron chi connectivity index (χ2n) is 5.71. The number of ether oxygens (including phenoxy) is 2. The third-order valence-corrected chi connectivity index (χ3v) is 3.77. The molecule has 0 spiro atoms. The largest absolute Gasteiger partial charge is 0.497 e. The molecule has 0 radical (unpaired) electrons. The smallest absolute Gasteiger partial charge is 0.315 e. The number of para-hydroxylation sites is 1. The number of methoxy groups -OCH3 is 1. The molecule has 0 atom stereocenters. The fourth-order valence-electron chi connectivity index (χ4n) is 2.32. The molecule has 7 nitrogen and oxygen atoms in total. The molecule has 0 fully saturated rings. The number of nitrogens with one attached hydrogen (secondary N) is 2. The van der Waals surface area contributed by atoms with E-state index in [9.17, 15) is 9.59 Å². The number of primary amides is 1. The molecule has 0 aliphatic carbocycles. The average molecular weight is 381 g/mol. The topological polar surface area (TPSA) is 103 Å². The first-order valence-corrected chi connectivity index (χ1v) is 8.72. The van der Waals surface area contributed by atoms with E-state index in [1.807, 2.05) is 24.3 Å². The molecule has 0 heterocycles. The number of hydrogen-bond acceptors (Lipinski definition) is 4. The predicted molar refractivity (Wildman–Crippen MR) is 106 cm³/mol. The van der Waals surface area contributed by atoms with Gasteiger partial charge in [-0.2, -0.15) is 0 Å². The van der Waals surface area contributed by atoms with Gasteiger partial charge in [-0.3, -0.25) is 4.79 Å². The summed E-state index contributed by atoms with van der Waals surface area (Å²) < 4.78 is 10.5. The number of carbonyl (C=O) groups excluding carboxylic acids is 2. The van der Waals surface area contributed by atoms with Gasteiger partial charge in [-0.15, -0.1) is 0 Å². The van der Waals surface area contributed by atoms with E-state index in [0.29, 0.717) is 17.9 Å². The molecule has 0 aliphatic rings. The van der Waals surface area contributed by atoms with E-state index >= 15 is 0 Å². The highest BCUT2D eigenvalue weighted by atomic mass is 16.5. The Morgan fingerprint density at radius 1 is 1.04 bits per heavy atom. The zero-order valence-electron chi connectivity index (χ0n) is 15.7. The molecule has 0 bridgehead atoms. The van der Waals surface area contributed by atoms with E-state index in [4.69, 9.17) is 15.2 Å². The molecule has 4 N–H and O–H groups in total. The van der Waals surface area contributed by atoms with Crippen LogP contribution in [0.5, 0.6) is 11.5 Å². The van der Waals surface area contributed by atoms with Crippen molar-refractivity contribution in [3.63, 3.8) is 0 Å². The van der Waals surface area contributed by atoms with E-state index in [1.54, 1.807) is 31.4 Å². The summed E-state index contributed by atoms with van der Waals surface area (Å²) in [7, 11) is 1.62. The Bertz CT molecular complexity index is 854. The number of nitrogens with two attached hydrogens (primary N) is 1. The van der Waals surface area contributed by atoms with E-state index in [2.05, 4.69) is 22.5 Å². The minimum atomic E-state index is -0.559. The minimum absolute atomic E-state index is 0.0884. The molecule has 0 saturated heterocycles. The van der Waals surface area contributed by atoms with Crippen LogP contribution in [0.4, 0.5) is 4.79 Å². The SMILES string of the molecule is COc1ccc(CCNC(=O)NCC#CCOc2ccccc2C(N)=O)cc1. The van der Waals surface area contributed by atoms with Crippen molar-refractivity contribution < 1.29 is 19.1 Å². The maximum Gasteiger partial charge on any atom is 0.315 e. The highest BCUT2D eigenvalue weighted by Crippen LogP contribution is 2.16. The van der Waals surface area contributed by atoms with Crippen molar-refractivity contribution in [1.29, 1.82) is 0 Å². The van der Waals surface area contributed by atoms with Crippen LogP contribution in [-0.4, -0.2) is 38.7 Å². The van der Waals surface area contributed by atoms with Crippen LogP contribution in [0.15, 0.2) is 48.5 Å². The quantitative estimate of drug-likeness (QED) is 0.606. The second-order valence-corrected chi connectivity index (χ2v) is 5.71. The average Bonchev–Trinajstić information content (AvgIpc) is 2.71. The van der Waals surface area contributed by atoms with E-state index < -0.39 is 5.91 Å². The van der Waals surface area contributed by atoms with Gasteiger partial charge in [-0.05, 0) is 36.2 Å². The Kier molecular flexibility index (Phi) is 8.21. The molecule has 28 heavy (non-hydrogen) atoms. The summed E-state index contributed by atoms with van der Waals surface area (Å²) in [5, 5.41) is 5.41. The van der Waals surface area contributed by atoms with Crippen molar-refractivity contribution in [2.45, 2.75) is 6.42 Å². The van der Waals surface area contributed by atoms with Crippen molar-refractivity contribution in [3.8, 4) is 23.3 Å². The molecule has 2 aromatic rings. The van der Waals surface area contributed by atoms with E-state index in [1.165, 1.54) is 0 Å². The normalized spacial score (nSPS) is 9.61. The third-order valence-electron chi connectivity index (χ3n) is 3.77. The van der Waals surface area contributed by atoms with Crippen molar-refractivity contribution in [3.05, 3.63) is 59.7 Å². The van der Waals surface area contributed by atoms with Gasteiger partial charge in [-0.25, -0.2) is 4.79 Å². The number of amides is 3. The lowest BCUT2D eigenvalue weighted by Crippen LogP contribution is -2.36. The lowest BCUT2D eigenvalue weighted by Gasteiger charge is -2.06. The molecule has 0 saturated carbocycles. The molecule has 2 rings (SSSR count). The maximum absolute atomic E-state index is 11.7. The zero-order valence-corrected chi connectivity index (χ0v) is 15.7. The second kappa shape index (κ2) is 11.1. The third kappa shape index (κ3) is 6.92. The van der Waals surface area contributed by atoms with Crippen LogP contribution in [0, 0.1) is 11.8 Å². The van der Waals surface area contributed by atoms with Crippen LogP contribution in [0.2, 0.25) is 0 Å². The Morgan fingerprint density at radius 3 is 2.50 bits per heavy atom. The first-order valence-electron chi connectivity index (χ1n) is 8.72. The van der Waals surface area contributed by atoms with Gasteiger partial charge in [0.25, 0.3) is 5.91 Å². The molecule has 7 heteroatoms. The van der Waals surface area contributed by atoms with Crippen molar-refractivity contribution in [2.24, 2.45) is 5.73 Å². The summed E-state index contributed by atoms with van der Waals surface area (Å²) >= 11 is 0. The van der Waals surface area contributed by atoms with Crippen LogP contribution >= 0.6 is 0 Å². The number of urea groups is 1. The molecule has 0 aromatic heterocycles. The fourth-order valence-corrected chi connectivity index (χ4v) is 2.32. The van der Waals surface area contributed by atoms with Gasteiger partial charge in [0.15, 0.2) is 0 Å². The highest BCUT2D eigenvalue weighted by Gasteiger charge is 2.07. The zero-order chi connectivity index (χ0) is 20.2. The fraction of sp³-hybridized carbons (Fsp3) is 0.238. The van der Waals surface area contributed by atoms with Gasteiger partial charge in [0.2, 0.25) is 0 Å². The van der Waals surface area contributed by atoms with Crippen molar-refractivity contribution in [1.82, 2.24) is 10.6 Å². The van der Waals surface area contributed by atoms with Crippen molar-refractivity contribution in [2.75, 3.05) is 26.8 Å². The summed E-state index contributed by atoms with van der Waals surface area (Å²) in [5.41, 5.74) is 6.68. The van der Waals surface area contributed by atoms with Gasteiger partial charge >= 0.3 is 6.03 Å². The molecular formula is C21H23N3O4. The van der Waals surface area contributed by atoms with Gasteiger partial charge in [0.1, 0.15) is 18.1 Å². The standard InChI is InChI=1S/C21H23N3O4/c1-27-17-10-8-16(9-11-17)12-14-24-21(26)23-13-4-5-15-28-19-7-3-2-6-18(19)20(22)25/h2-3,6-11H,12-15H2,1H3,(H2,22,25)(H2,23,24,26). The Labute approximate surface area is 164 Å². The Balaban J connectivity index is 1.63. The summed E-state index contributed by atoms with van der Waals surface area (Å²) in [6.07, 6.45) is 0.718. The van der Waals surface area contributed by atoms with Gasteiger partial charge < -0.3 is 25.8 Å².